The lowest BCUT2D eigenvalue weighted by Gasteiger charge is -2.28. The van der Waals surface area contributed by atoms with Gasteiger partial charge in [-0.3, -0.25) is 0 Å². The largest absolute Gasteiger partial charge is 0.379 e. The molecule has 0 radical (unpaired) electrons. The maximum absolute atomic E-state index is 5.49. The zero-order valence-electron chi connectivity index (χ0n) is 12.1. The minimum Gasteiger partial charge on any atom is -0.379 e. The topological polar surface area (TPSA) is 33.3 Å². The van der Waals surface area contributed by atoms with Crippen molar-refractivity contribution in [1.82, 2.24) is 10.6 Å². The van der Waals surface area contributed by atoms with E-state index in [1.165, 1.54) is 5.56 Å². The van der Waals surface area contributed by atoms with Crippen LogP contribution in [0.5, 0.6) is 0 Å². The molecule has 0 aromatic heterocycles. The van der Waals surface area contributed by atoms with Crippen LogP contribution in [0.15, 0.2) is 30.3 Å². The third-order valence-corrected chi connectivity index (χ3v) is 3.59. The van der Waals surface area contributed by atoms with Crippen molar-refractivity contribution in [2.45, 2.75) is 44.8 Å². The summed E-state index contributed by atoms with van der Waals surface area (Å²) in [5.74, 6) is 0. The quantitative estimate of drug-likeness (QED) is 0.822. The fourth-order valence-electron chi connectivity index (χ4n) is 2.78. The molecule has 3 unspecified atom stereocenters. The van der Waals surface area contributed by atoms with Crippen LogP contribution in [-0.4, -0.2) is 37.9 Å². The Balaban J connectivity index is 1.70. The number of morpholine rings is 1. The molecule has 1 aliphatic heterocycles. The van der Waals surface area contributed by atoms with Gasteiger partial charge in [0, 0.05) is 24.7 Å². The van der Waals surface area contributed by atoms with E-state index < -0.39 is 0 Å². The molecule has 1 saturated heterocycles. The molecule has 3 heteroatoms. The Morgan fingerprint density at radius 1 is 1.26 bits per heavy atom. The van der Waals surface area contributed by atoms with Crippen LogP contribution in [-0.2, 0) is 11.2 Å². The van der Waals surface area contributed by atoms with Crippen LogP contribution in [0.25, 0.3) is 0 Å². The number of hydrogen-bond donors (Lipinski definition) is 2. The summed E-state index contributed by atoms with van der Waals surface area (Å²) in [6.07, 6.45) is 2.21. The van der Waals surface area contributed by atoms with Gasteiger partial charge in [0.05, 0.1) is 13.2 Å². The molecule has 0 aliphatic carbocycles. The van der Waals surface area contributed by atoms with Gasteiger partial charge in [-0.05, 0) is 32.3 Å². The van der Waals surface area contributed by atoms with Crippen LogP contribution in [0, 0.1) is 0 Å². The Bertz CT molecular complexity index is 349. The molecule has 1 aromatic carbocycles. The Morgan fingerprint density at radius 2 is 2.05 bits per heavy atom. The summed E-state index contributed by atoms with van der Waals surface area (Å²) in [5.41, 5.74) is 1.40. The molecular weight excluding hydrogens is 236 g/mol. The van der Waals surface area contributed by atoms with Gasteiger partial charge in [-0.2, -0.15) is 0 Å². The second kappa shape index (κ2) is 7.63. The Morgan fingerprint density at radius 3 is 2.74 bits per heavy atom. The van der Waals surface area contributed by atoms with E-state index in [9.17, 15) is 0 Å². The van der Waals surface area contributed by atoms with E-state index in [0.29, 0.717) is 18.1 Å². The molecule has 3 atom stereocenters. The predicted octanol–water partition coefficient (Wildman–Crippen LogP) is 1.97. The number of benzene rings is 1. The molecule has 2 rings (SSSR count). The SMILES string of the molecule is CC(Cc1ccccc1)NC(C)CC1COCCN1. The van der Waals surface area contributed by atoms with E-state index in [2.05, 4.69) is 54.8 Å². The average molecular weight is 262 g/mol. The van der Waals surface area contributed by atoms with Crippen molar-refractivity contribution in [2.24, 2.45) is 0 Å². The standard InChI is InChI=1S/C16H26N2O/c1-13(10-15-6-4-3-5-7-15)18-14(2)11-16-12-19-9-8-17-16/h3-7,13-14,16-18H,8-12H2,1-2H3. The second-order valence-corrected chi connectivity index (χ2v) is 5.62. The zero-order chi connectivity index (χ0) is 13.5. The van der Waals surface area contributed by atoms with Crippen LogP contribution in [0.4, 0.5) is 0 Å². The van der Waals surface area contributed by atoms with Crippen molar-refractivity contribution < 1.29 is 4.74 Å². The Hall–Kier alpha value is -0.900. The molecule has 2 N–H and O–H groups in total. The highest BCUT2D eigenvalue weighted by atomic mass is 16.5. The van der Waals surface area contributed by atoms with Crippen LogP contribution in [0.1, 0.15) is 25.8 Å². The zero-order valence-corrected chi connectivity index (χ0v) is 12.1. The summed E-state index contributed by atoms with van der Waals surface area (Å²) in [7, 11) is 0. The average Bonchev–Trinajstić information content (AvgIpc) is 2.40. The van der Waals surface area contributed by atoms with Crippen LogP contribution >= 0.6 is 0 Å². The maximum Gasteiger partial charge on any atom is 0.0620 e. The predicted molar refractivity (Wildman–Crippen MR) is 79.4 cm³/mol. The van der Waals surface area contributed by atoms with Gasteiger partial charge in [-0.1, -0.05) is 30.3 Å². The van der Waals surface area contributed by atoms with Crippen LogP contribution in [0.3, 0.4) is 0 Å². The first kappa shape index (κ1) is 14.5. The third-order valence-electron chi connectivity index (χ3n) is 3.59. The fourth-order valence-corrected chi connectivity index (χ4v) is 2.78. The lowest BCUT2D eigenvalue weighted by atomic mass is 10.0. The summed E-state index contributed by atoms with van der Waals surface area (Å²) < 4.78 is 5.49. The van der Waals surface area contributed by atoms with Gasteiger partial charge in [-0.15, -0.1) is 0 Å². The molecule has 19 heavy (non-hydrogen) atoms. The molecule has 1 aromatic rings. The highest BCUT2D eigenvalue weighted by Gasteiger charge is 2.17. The van der Waals surface area contributed by atoms with Gasteiger partial charge >= 0.3 is 0 Å². The van der Waals surface area contributed by atoms with Crippen molar-refractivity contribution in [3.8, 4) is 0 Å². The molecule has 0 bridgehead atoms. The molecule has 1 heterocycles. The Labute approximate surface area is 116 Å². The molecular formula is C16H26N2O. The third kappa shape index (κ3) is 5.31. The smallest absolute Gasteiger partial charge is 0.0620 e. The van der Waals surface area contributed by atoms with Crippen molar-refractivity contribution in [1.29, 1.82) is 0 Å². The van der Waals surface area contributed by atoms with E-state index in [1.807, 2.05) is 0 Å². The normalized spacial score (nSPS) is 22.9. The minimum absolute atomic E-state index is 0.500. The highest BCUT2D eigenvalue weighted by molar-refractivity contribution is 5.15. The first-order valence-corrected chi connectivity index (χ1v) is 7.35. The van der Waals surface area contributed by atoms with E-state index in [-0.39, 0.29) is 0 Å². The monoisotopic (exact) mass is 262 g/mol. The van der Waals surface area contributed by atoms with Gasteiger partial charge < -0.3 is 15.4 Å². The van der Waals surface area contributed by atoms with Crippen LogP contribution < -0.4 is 10.6 Å². The van der Waals surface area contributed by atoms with Gasteiger partial charge in [0.25, 0.3) is 0 Å². The number of hydrogen-bond acceptors (Lipinski definition) is 3. The number of nitrogens with one attached hydrogen (secondary N) is 2. The summed E-state index contributed by atoms with van der Waals surface area (Å²) in [6.45, 7) is 7.20. The Kier molecular flexibility index (Phi) is 5.83. The summed E-state index contributed by atoms with van der Waals surface area (Å²) in [6, 6.07) is 12.2. The van der Waals surface area contributed by atoms with Crippen molar-refractivity contribution in [3.63, 3.8) is 0 Å². The van der Waals surface area contributed by atoms with E-state index in [0.717, 1.165) is 32.6 Å². The van der Waals surface area contributed by atoms with Crippen LogP contribution in [0.2, 0.25) is 0 Å². The molecule has 3 nitrogen and oxygen atoms in total. The molecule has 106 valence electrons. The van der Waals surface area contributed by atoms with E-state index in [4.69, 9.17) is 4.74 Å². The summed E-state index contributed by atoms with van der Waals surface area (Å²) >= 11 is 0. The minimum atomic E-state index is 0.500. The molecule has 0 amide bonds. The first-order valence-electron chi connectivity index (χ1n) is 7.35. The lowest BCUT2D eigenvalue weighted by Crippen LogP contribution is -2.46. The number of ether oxygens (including phenoxy) is 1. The van der Waals surface area contributed by atoms with Gasteiger partial charge in [0.15, 0.2) is 0 Å². The second-order valence-electron chi connectivity index (χ2n) is 5.62. The van der Waals surface area contributed by atoms with E-state index >= 15 is 0 Å². The van der Waals surface area contributed by atoms with Gasteiger partial charge in [-0.25, -0.2) is 0 Å². The summed E-state index contributed by atoms with van der Waals surface area (Å²) in [5, 5.41) is 7.19. The lowest BCUT2D eigenvalue weighted by molar-refractivity contribution is 0.0708. The van der Waals surface area contributed by atoms with E-state index in [1.54, 1.807) is 0 Å². The molecule has 1 fully saturated rings. The number of rotatable bonds is 6. The highest BCUT2D eigenvalue weighted by Crippen LogP contribution is 2.06. The first-order chi connectivity index (χ1) is 9.24. The molecule has 0 spiro atoms. The van der Waals surface area contributed by atoms with Crippen molar-refractivity contribution >= 4 is 0 Å². The van der Waals surface area contributed by atoms with Gasteiger partial charge in [0.2, 0.25) is 0 Å². The van der Waals surface area contributed by atoms with Gasteiger partial charge in [0.1, 0.15) is 0 Å². The van der Waals surface area contributed by atoms with Crippen molar-refractivity contribution in [2.75, 3.05) is 19.8 Å². The molecule has 1 aliphatic rings. The van der Waals surface area contributed by atoms with Crippen molar-refractivity contribution in [3.05, 3.63) is 35.9 Å². The summed E-state index contributed by atoms with van der Waals surface area (Å²) in [4.78, 5) is 0. The fraction of sp³-hybridized carbons (Fsp3) is 0.625. The maximum atomic E-state index is 5.49. The molecule has 0 saturated carbocycles.